The molecule has 9 aromatic rings. The summed E-state index contributed by atoms with van der Waals surface area (Å²) in [6.45, 7) is -14.9. The third kappa shape index (κ3) is 19.0. The van der Waals surface area contributed by atoms with Crippen LogP contribution in [0.1, 0.15) is 56.6 Å². The number of nitrogens with two attached hydrogens (primary N) is 3. The summed E-state index contributed by atoms with van der Waals surface area (Å²) in [6.07, 6.45) is -8.33. The number of rotatable bonds is 27. The summed E-state index contributed by atoms with van der Waals surface area (Å²) in [6, 6.07) is 3.35. The molecule has 6 aliphatic heterocycles. The molecule has 0 saturated carbocycles. The molecule has 6 aliphatic rings. The Bertz CT molecular complexity index is 5020. The lowest BCUT2D eigenvalue weighted by Crippen LogP contribution is -2.40. The van der Waals surface area contributed by atoms with Crippen molar-refractivity contribution in [3.8, 4) is 0 Å². The lowest BCUT2D eigenvalue weighted by Gasteiger charge is -2.27. The highest BCUT2D eigenvalue weighted by Crippen LogP contribution is 2.57. The van der Waals surface area contributed by atoms with E-state index in [1.807, 2.05) is 0 Å². The van der Waals surface area contributed by atoms with Gasteiger partial charge in [-0.2, -0.15) is 0 Å². The molecule has 15 heterocycles. The number of imidazole rings is 3. The molecule has 51 nitrogen and oxygen atoms in total. The summed E-state index contributed by atoms with van der Waals surface area (Å²) in [5.74, 6) is 0.605. The molecule has 0 aliphatic carbocycles. The van der Waals surface area contributed by atoms with Crippen molar-refractivity contribution in [2.45, 2.75) is 148 Å². The van der Waals surface area contributed by atoms with E-state index >= 15 is 0 Å². The number of hydrogen-bond donors (Lipinski definition) is 15. The molecule has 6 fully saturated rings. The van der Waals surface area contributed by atoms with Crippen molar-refractivity contribution in [1.29, 1.82) is 0 Å². The van der Waals surface area contributed by atoms with E-state index in [9.17, 15) is 73.8 Å². The summed E-state index contributed by atoms with van der Waals surface area (Å²) in [4.78, 5) is 136. The second-order valence-electron chi connectivity index (χ2n) is 26.4. The lowest BCUT2D eigenvalue weighted by atomic mass is 10.1. The molecule has 6 saturated heterocycles. The molecule has 9 aromatic heterocycles. The molecular formula is C60H78N21O30P3S3. The van der Waals surface area contributed by atoms with Gasteiger partial charge in [0.2, 0.25) is 0 Å². The number of nitrogen functional groups attached to an aromatic ring is 3. The van der Waals surface area contributed by atoms with Crippen molar-refractivity contribution in [3.63, 3.8) is 0 Å². The molecule has 0 radical (unpaired) electrons. The standard InChI is InChI=1S/3C20H26N7O10PS/c3*1-33-16-15(10(5-28)36-19(16)26-3-2-12(30)25-20(26)31)37-38(32,39)34-6-11-9(29)4-13(35-11)27-8-24-14-17(21)22-7-23-18(14)27/h3*2-3,7-11,13,15-16,19,28-29H,4-6H2,1H3,(H,32,39)(H2,21,22,23)(H,25,30,31)/t3*9?,10-,11-,13-,15?,16+,19-,38?/m111/s1. The number of thiol groups is 1. The minimum absolute atomic E-state index is 0.158. The van der Waals surface area contributed by atoms with Crippen molar-refractivity contribution >= 4 is 107 Å². The van der Waals surface area contributed by atoms with Crippen molar-refractivity contribution in [3.05, 3.63) is 137 Å². The van der Waals surface area contributed by atoms with Crippen LogP contribution in [0.2, 0.25) is 0 Å². The first kappa shape index (κ1) is 86.9. The van der Waals surface area contributed by atoms with Gasteiger partial charge in [0, 0.05) is 77.4 Å². The van der Waals surface area contributed by atoms with Gasteiger partial charge in [0.25, 0.3) is 16.7 Å². The van der Waals surface area contributed by atoms with Gasteiger partial charge in [-0.3, -0.25) is 74.8 Å². The van der Waals surface area contributed by atoms with Crippen LogP contribution < -0.4 is 50.9 Å². The van der Waals surface area contributed by atoms with Crippen LogP contribution in [0.3, 0.4) is 0 Å². The van der Waals surface area contributed by atoms with Crippen molar-refractivity contribution in [1.82, 2.24) is 87.2 Å². The predicted octanol–water partition coefficient (Wildman–Crippen LogP) is -4.79. The lowest BCUT2D eigenvalue weighted by molar-refractivity contribution is -0.0625. The number of hydrogen-bond acceptors (Lipinski definition) is 42. The molecule has 0 amide bonds. The molecule has 636 valence electrons. The maximum absolute atomic E-state index is 13.2. The molecule has 117 heavy (non-hydrogen) atoms. The number of methoxy groups -OCH3 is 3. The first-order valence-electron chi connectivity index (χ1n) is 34.9. The number of fused-ring (bicyclic) bond motifs is 3. The Kier molecular flexibility index (Phi) is 27.1. The molecule has 9 unspecified atom stereocenters. The largest absolute Gasteiger partial charge is 0.394 e. The molecule has 0 bridgehead atoms. The molecule has 15 rings (SSSR count). The zero-order valence-corrected chi connectivity index (χ0v) is 66.2. The zero-order valence-electron chi connectivity index (χ0n) is 61.0. The first-order chi connectivity index (χ1) is 55.8. The number of aliphatic hydroxyl groups excluding tert-OH is 6. The van der Waals surface area contributed by atoms with E-state index in [0.29, 0.717) is 33.5 Å². The average molecular weight is 1760 g/mol. The van der Waals surface area contributed by atoms with Gasteiger partial charge in [0.05, 0.1) is 76.9 Å². The van der Waals surface area contributed by atoms with Gasteiger partial charge in [0.1, 0.15) is 127 Å². The molecule has 24 atom stereocenters. The van der Waals surface area contributed by atoms with Crippen molar-refractivity contribution in [2.75, 3.05) is 78.2 Å². The fourth-order valence-corrected chi connectivity index (χ4v) is 18.0. The van der Waals surface area contributed by atoms with Crippen molar-refractivity contribution in [2.24, 2.45) is 0 Å². The SMILES string of the molecule is CO[C@H]1C(OP(=O)(S)OC[C@H]2O[C@@H](n3cnc4c(N)ncnc43)CC2O)[C@@H](CO)O[C@H]1n1ccc(=O)[nH]c1=O.CO[C@H]1C(OP(O)(=S)OC[C@H]2O[C@@H](n3cnc4c(N)ncnc43)CC2O)[C@@H](CO)O[C@H]1n1ccc(=O)[nH]c1=O.CO[C@H]1C(OP(O)(=S)OC[C@H]2O[C@@H](n3cnc4c(N)ncnc43)CC2O)[C@@H](CO)O[C@H]1n1ccc(=O)[nH]c1=O. The average Bonchev–Trinajstić information content (AvgIpc) is 1.69. The van der Waals surface area contributed by atoms with Crippen LogP contribution in [0.5, 0.6) is 0 Å². The van der Waals surface area contributed by atoms with Crippen LogP contribution in [0.4, 0.5) is 17.5 Å². The monoisotopic (exact) mass is 1760 g/mol. The maximum atomic E-state index is 13.2. The molecule has 0 aromatic carbocycles. The Balaban J connectivity index is 0.000000152. The van der Waals surface area contributed by atoms with E-state index in [0.717, 1.165) is 31.9 Å². The predicted molar refractivity (Wildman–Crippen MR) is 404 cm³/mol. The maximum Gasteiger partial charge on any atom is 0.386 e. The van der Waals surface area contributed by atoms with Crippen molar-refractivity contribution < 1.29 is 115 Å². The Hall–Kier alpha value is -7.95. The molecule has 57 heteroatoms. The van der Waals surface area contributed by atoms with E-state index in [2.05, 4.69) is 72.1 Å². The van der Waals surface area contributed by atoms with E-state index in [1.54, 1.807) is 13.7 Å². The molecule has 17 N–H and O–H groups in total. The second-order valence-corrected chi connectivity index (χ2v) is 34.9. The Morgan fingerprint density at radius 3 is 1.02 bits per heavy atom. The number of aromatic amines is 3. The summed E-state index contributed by atoms with van der Waals surface area (Å²) in [5.41, 5.74) is 15.8. The summed E-state index contributed by atoms with van der Waals surface area (Å²) in [5, 5.41) is 61.2. The smallest absolute Gasteiger partial charge is 0.386 e. The van der Waals surface area contributed by atoms with Crippen LogP contribution in [-0.2, 0) is 98.0 Å². The summed E-state index contributed by atoms with van der Waals surface area (Å²) in [7, 11) is 3.94. The number of nitrogens with one attached hydrogen (secondary N) is 3. The van der Waals surface area contributed by atoms with E-state index in [-0.39, 0.29) is 56.5 Å². The summed E-state index contributed by atoms with van der Waals surface area (Å²) >= 11 is 14.4. The van der Waals surface area contributed by atoms with Crippen LogP contribution in [0.15, 0.2) is 104 Å². The number of aromatic nitrogens is 18. The summed E-state index contributed by atoms with van der Waals surface area (Å²) < 4.78 is 106. The van der Waals surface area contributed by atoms with Crippen LogP contribution >= 0.6 is 32.5 Å². The minimum atomic E-state index is -4.15. The second kappa shape index (κ2) is 36.6. The fraction of sp³-hybridized carbons (Fsp3) is 0.550. The highest BCUT2D eigenvalue weighted by molar-refractivity contribution is 8.44. The topological polar surface area (TPSA) is 691 Å². The third-order valence-electron chi connectivity index (χ3n) is 19.3. The number of nitrogens with zero attached hydrogens (tertiary/aromatic N) is 15. The van der Waals surface area contributed by atoms with Crippen LogP contribution in [0.25, 0.3) is 33.5 Å². The highest BCUT2D eigenvalue weighted by atomic mass is 32.7. The van der Waals surface area contributed by atoms with Gasteiger partial charge in [-0.15, -0.1) is 0 Å². The highest BCUT2D eigenvalue weighted by Gasteiger charge is 2.53. The first-order valence-corrected chi connectivity index (χ1v) is 42.8. The van der Waals surface area contributed by atoms with Gasteiger partial charge in [-0.05, 0) is 23.6 Å². The number of ether oxygens (including phenoxy) is 9. The van der Waals surface area contributed by atoms with Gasteiger partial charge in [-0.25, -0.2) is 63.8 Å². The Morgan fingerprint density at radius 1 is 0.444 bits per heavy atom. The van der Waals surface area contributed by atoms with Crippen LogP contribution in [0, 0.1) is 0 Å². The minimum Gasteiger partial charge on any atom is -0.394 e. The number of H-pyrrole nitrogens is 3. The van der Waals surface area contributed by atoms with E-state index < -0.39 is 203 Å². The normalized spacial score (nSPS) is 30.6. The van der Waals surface area contributed by atoms with E-state index in [4.69, 9.17) is 111 Å². The zero-order chi connectivity index (χ0) is 83.7. The molecular weight excluding hydrogens is 1680 g/mol. The van der Waals surface area contributed by atoms with Gasteiger partial charge in [0.15, 0.2) is 53.1 Å². The Morgan fingerprint density at radius 2 is 0.735 bits per heavy atom. The van der Waals surface area contributed by atoms with Gasteiger partial charge < -0.3 is 109 Å². The third-order valence-corrected chi connectivity index (χ3v) is 24.0. The quantitative estimate of drug-likeness (QED) is 0.0170. The van der Waals surface area contributed by atoms with Crippen LogP contribution in [-0.4, -0.2) is 280 Å². The molecule has 0 spiro atoms. The number of aliphatic hydroxyl groups is 6. The number of anilines is 3. The van der Waals surface area contributed by atoms with E-state index in [1.165, 1.54) is 77.9 Å². The van der Waals surface area contributed by atoms with Gasteiger partial charge >= 0.3 is 37.3 Å². The fourth-order valence-electron chi connectivity index (χ4n) is 13.7. The van der Waals surface area contributed by atoms with Gasteiger partial charge in [-0.1, -0.05) is 12.2 Å². The Labute approximate surface area is 669 Å².